The number of quaternary nitrogens is 4. The average Bonchev–Trinajstić information content (AvgIpc) is 2.51. The molecule has 0 amide bonds. The van der Waals surface area contributed by atoms with Crippen LogP contribution in [0.4, 0.5) is 0 Å². The van der Waals surface area contributed by atoms with E-state index in [1.807, 2.05) is 0 Å². The fraction of sp³-hybridized carbons (Fsp3) is 1.00. The molecule has 0 fully saturated rings. The molecule has 0 saturated heterocycles. The van der Waals surface area contributed by atoms with Gasteiger partial charge in [0.15, 0.2) is 0 Å². The van der Waals surface area contributed by atoms with Crippen LogP contribution in [0.15, 0.2) is 0 Å². The summed E-state index contributed by atoms with van der Waals surface area (Å²) >= 11 is -6.00. The molecule has 0 aromatic heterocycles. The van der Waals surface area contributed by atoms with Crippen molar-refractivity contribution in [3.05, 3.63) is 0 Å². The monoisotopic (exact) mass is 408 g/mol. The molecule has 160 valence electrons. The fourth-order valence-electron chi connectivity index (χ4n) is 1.15. The van der Waals surface area contributed by atoms with E-state index in [1.165, 1.54) is 52.4 Å². The molecule has 0 aliphatic rings. The Labute approximate surface area is 162 Å². The topological polar surface area (TPSA) is 159 Å². The van der Waals surface area contributed by atoms with Crippen LogP contribution < -0.4 is 36.0 Å². The van der Waals surface area contributed by atoms with Gasteiger partial charge in [-0.05, 0) is 55.4 Å². The SMILES string of the molecule is CC[NH2+]CC.CC[NH2+]CC.CC[NH2+]CC.CC[NH2+]CC.[O-][Ti]([O-])([O-])[O-]. The molecule has 25 heavy (non-hydrogen) atoms. The maximum atomic E-state index is 8.62. The summed E-state index contributed by atoms with van der Waals surface area (Å²) < 4.78 is 34.5. The first-order chi connectivity index (χ1) is 11.7. The Hall–Kier alpha value is 0.394. The van der Waals surface area contributed by atoms with Crippen LogP contribution in [0.25, 0.3) is 0 Å². The van der Waals surface area contributed by atoms with E-state index in [-0.39, 0.29) is 0 Å². The molecule has 0 aromatic carbocycles. The van der Waals surface area contributed by atoms with Crippen LogP contribution in [0.1, 0.15) is 55.4 Å². The molecule has 0 aliphatic carbocycles. The van der Waals surface area contributed by atoms with Gasteiger partial charge in [-0.2, -0.15) is 0 Å². The summed E-state index contributed by atoms with van der Waals surface area (Å²) in [7, 11) is 0. The minimum absolute atomic E-state index is 1.22. The Bertz CT molecular complexity index is 139. The van der Waals surface area contributed by atoms with E-state index in [9.17, 15) is 0 Å². The van der Waals surface area contributed by atoms with E-state index in [1.54, 1.807) is 0 Å². The normalized spacial score (nSPS) is 9.12. The molecule has 0 unspecified atom stereocenters. The van der Waals surface area contributed by atoms with Gasteiger partial charge in [0.2, 0.25) is 0 Å². The van der Waals surface area contributed by atoms with E-state index in [0.717, 1.165) is 0 Å². The molecule has 0 heterocycles. The molecule has 0 atom stereocenters. The van der Waals surface area contributed by atoms with Gasteiger partial charge in [0, 0.05) is 0 Å². The van der Waals surface area contributed by atoms with Gasteiger partial charge in [-0.25, -0.2) is 0 Å². The summed E-state index contributed by atoms with van der Waals surface area (Å²) in [5.74, 6) is 0. The van der Waals surface area contributed by atoms with Gasteiger partial charge >= 0.3 is 32.9 Å². The average molecular weight is 408 g/mol. The third-order valence-corrected chi connectivity index (χ3v) is 2.31. The van der Waals surface area contributed by atoms with Crippen molar-refractivity contribution >= 4 is 0 Å². The molecular weight excluding hydrogens is 360 g/mol. The Morgan fingerprint density at radius 2 is 0.480 bits per heavy atom. The Morgan fingerprint density at radius 3 is 0.480 bits per heavy atom. The van der Waals surface area contributed by atoms with E-state index in [2.05, 4.69) is 76.7 Å². The first-order valence-electron chi connectivity index (χ1n) is 9.74. The van der Waals surface area contributed by atoms with Crippen LogP contribution in [-0.2, 0) is 18.1 Å². The van der Waals surface area contributed by atoms with Crippen molar-refractivity contribution in [2.24, 2.45) is 0 Å². The summed E-state index contributed by atoms with van der Waals surface area (Å²) in [6.07, 6.45) is 0. The zero-order valence-electron chi connectivity index (χ0n) is 18.1. The van der Waals surface area contributed by atoms with Crippen LogP contribution in [0.5, 0.6) is 0 Å². The zero-order chi connectivity index (χ0) is 21.0. The Balaban J connectivity index is -0.0000000667. The molecule has 0 aliphatic heterocycles. The van der Waals surface area contributed by atoms with Crippen molar-refractivity contribution in [3.8, 4) is 0 Å². The van der Waals surface area contributed by atoms with Crippen molar-refractivity contribution < 1.29 is 54.2 Å². The van der Waals surface area contributed by atoms with Crippen LogP contribution in [0.2, 0.25) is 0 Å². The summed E-state index contributed by atoms with van der Waals surface area (Å²) in [6.45, 7) is 27.0. The first-order valence-corrected chi connectivity index (χ1v) is 12.3. The molecule has 0 spiro atoms. The Kier molecular flexibility index (Phi) is 57.3. The molecule has 9 heteroatoms. The quantitative estimate of drug-likeness (QED) is 0.294. The van der Waals surface area contributed by atoms with E-state index >= 15 is 0 Å². The van der Waals surface area contributed by atoms with Crippen LogP contribution in [0.3, 0.4) is 0 Å². The van der Waals surface area contributed by atoms with Gasteiger partial charge in [0.1, 0.15) is 0 Å². The van der Waals surface area contributed by atoms with Gasteiger partial charge in [-0.15, -0.1) is 0 Å². The number of hydrogen-bond acceptors (Lipinski definition) is 4. The minimum atomic E-state index is -6.00. The molecule has 8 N–H and O–H groups in total. The Morgan fingerprint density at radius 1 is 0.400 bits per heavy atom. The van der Waals surface area contributed by atoms with Crippen molar-refractivity contribution in [1.29, 1.82) is 0 Å². The fourth-order valence-corrected chi connectivity index (χ4v) is 1.15. The molecule has 0 radical (unpaired) electrons. The van der Waals surface area contributed by atoms with E-state index in [4.69, 9.17) is 14.8 Å². The number of rotatable bonds is 8. The van der Waals surface area contributed by atoms with Crippen molar-refractivity contribution in [2.75, 3.05) is 52.4 Å². The molecule has 0 rings (SSSR count). The predicted octanol–water partition coefficient (Wildman–Crippen LogP) is -6.40. The van der Waals surface area contributed by atoms with Crippen LogP contribution in [0, 0.1) is 0 Å². The third-order valence-electron chi connectivity index (χ3n) is 2.31. The van der Waals surface area contributed by atoms with E-state index in [0.29, 0.717) is 0 Å². The zero-order valence-corrected chi connectivity index (χ0v) is 19.7. The molecule has 0 bridgehead atoms. The third kappa shape index (κ3) is 174. The standard InChI is InChI=1S/4C4H11N.4O.Ti/c4*1-3-5-4-2;;;;;/h4*5H,3-4H2,1-2H3;;;;;/q;;;;4*-1;/p+4. The summed E-state index contributed by atoms with van der Waals surface area (Å²) in [5, 5.41) is 9.00. The molecule has 0 saturated carbocycles. The number of hydrogen-bond donors (Lipinski definition) is 4. The van der Waals surface area contributed by atoms with Gasteiger partial charge in [-0.1, -0.05) is 0 Å². The van der Waals surface area contributed by atoms with E-state index < -0.39 is 18.1 Å². The second kappa shape index (κ2) is 39.5. The van der Waals surface area contributed by atoms with Crippen LogP contribution >= 0.6 is 0 Å². The van der Waals surface area contributed by atoms with Crippen molar-refractivity contribution in [3.63, 3.8) is 0 Å². The summed E-state index contributed by atoms with van der Waals surface area (Å²) in [6, 6.07) is 0. The number of nitrogens with two attached hydrogens (primary N) is 4. The second-order valence-electron chi connectivity index (χ2n) is 4.92. The molecule has 0 aromatic rings. The first kappa shape index (κ1) is 36.3. The van der Waals surface area contributed by atoms with Gasteiger partial charge in [-0.3, -0.25) is 0 Å². The van der Waals surface area contributed by atoms with Gasteiger partial charge < -0.3 is 21.3 Å². The predicted molar refractivity (Wildman–Crippen MR) is 92.0 cm³/mol. The molecular formula is C16H48N4O4Ti. The van der Waals surface area contributed by atoms with Crippen molar-refractivity contribution in [2.45, 2.75) is 55.4 Å². The summed E-state index contributed by atoms with van der Waals surface area (Å²) in [5.41, 5.74) is 0. The van der Waals surface area contributed by atoms with Crippen LogP contribution in [-0.4, -0.2) is 52.4 Å². The molecule has 8 nitrogen and oxygen atoms in total. The second-order valence-corrected chi connectivity index (χ2v) is 6.48. The van der Waals surface area contributed by atoms with Crippen molar-refractivity contribution in [1.82, 2.24) is 0 Å². The maximum absolute atomic E-state index is 8.62. The summed E-state index contributed by atoms with van der Waals surface area (Å²) in [4.78, 5) is 0. The van der Waals surface area contributed by atoms with Gasteiger partial charge in [0.25, 0.3) is 0 Å². The van der Waals surface area contributed by atoms with Gasteiger partial charge in [0.05, 0.1) is 52.4 Å².